The van der Waals surface area contributed by atoms with Gasteiger partial charge in [-0.15, -0.1) is 23.7 Å². The van der Waals surface area contributed by atoms with Crippen LogP contribution < -0.4 is 32.2 Å². The largest absolute Gasteiger partial charge is 0.490 e. The van der Waals surface area contributed by atoms with Crippen LogP contribution >= 0.6 is 35.3 Å². The number of rotatable bonds is 18. The highest BCUT2D eigenvalue weighted by molar-refractivity contribution is 7.13. The lowest BCUT2D eigenvalue weighted by molar-refractivity contribution is -0.144. The molecule has 3 aromatic rings. The number of aliphatic hydroxyl groups is 1. The van der Waals surface area contributed by atoms with Crippen molar-refractivity contribution in [3.05, 3.63) is 69.8 Å². The van der Waals surface area contributed by atoms with Crippen LogP contribution in [0.2, 0.25) is 5.02 Å². The molecule has 21 heteroatoms. The molecule has 3 fully saturated rings. The number of nitrogens with one attached hydrogen (secondary N) is 3. The number of nitrogens with zero attached hydrogens (tertiary/aromatic N) is 4. The number of carbonyl (C=O) groups is 7. The number of ether oxygens (including phenoxy) is 1. The van der Waals surface area contributed by atoms with Crippen molar-refractivity contribution >= 4 is 76.7 Å². The molecule has 0 unspecified atom stereocenters. The van der Waals surface area contributed by atoms with Crippen molar-refractivity contribution in [1.82, 2.24) is 35.6 Å². The number of benzene rings is 2. The molecule has 0 bridgehead atoms. The Kier molecular flexibility index (Phi) is 19.8. The van der Waals surface area contributed by atoms with Crippen molar-refractivity contribution in [1.29, 1.82) is 0 Å². The average molecular weight is 1040 g/mol. The summed E-state index contributed by atoms with van der Waals surface area (Å²) in [6, 6.07) is 8.10. The number of aliphatic hydroxyl groups excluding tert-OH is 1. The van der Waals surface area contributed by atoms with Crippen molar-refractivity contribution in [2.75, 3.05) is 26.2 Å². The maximum atomic E-state index is 14.2. The van der Waals surface area contributed by atoms with Gasteiger partial charge in [0.05, 0.1) is 39.3 Å². The summed E-state index contributed by atoms with van der Waals surface area (Å²) in [5, 5.41) is 19.9. The number of likely N-dealkylation sites (tertiary alicyclic amines) is 1. The number of carbonyl (C=O) groups excluding carboxylic acids is 7. The number of thiazole rings is 1. The lowest BCUT2D eigenvalue weighted by atomic mass is 9.85. The van der Waals surface area contributed by atoms with Crippen LogP contribution in [0.1, 0.15) is 109 Å². The van der Waals surface area contributed by atoms with Gasteiger partial charge in [-0.2, -0.15) is 0 Å². The van der Waals surface area contributed by atoms with E-state index >= 15 is 0 Å². The summed E-state index contributed by atoms with van der Waals surface area (Å²) < 4.78 is 6.13. The molecule has 0 saturated carbocycles. The molecule has 4 heterocycles. The summed E-state index contributed by atoms with van der Waals surface area (Å²) in [6.45, 7) is 11.1. The van der Waals surface area contributed by atoms with Crippen molar-refractivity contribution in [3.8, 4) is 16.2 Å². The van der Waals surface area contributed by atoms with E-state index in [1.165, 1.54) is 11.8 Å². The molecule has 3 aliphatic heterocycles. The van der Waals surface area contributed by atoms with Gasteiger partial charge in [-0.05, 0) is 80.5 Å². The third-order valence-corrected chi connectivity index (χ3v) is 14.9. The molecule has 18 nitrogen and oxygen atoms in total. The summed E-state index contributed by atoms with van der Waals surface area (Å²) >= 11 is 8.40. The third kappa shape index (κ3) is 14.4. The molecular weight excluding hydrogens is 974 g/mol. The Bertz CT molecular complexity index is 2400. The normalized spacial score (nSPS) is 21.5. The second kappa shape index (κ2) is 24.9. The number of fused-ring (bicyclic) bond motifs is 1. The first-order valence-electron chi connectivity index (χ1n) is 24.0. The monoisotopic (exact) mass is 1040 g/mol. The van der Waals surface area contributed by atoms with Gasteiger partial charge >= 0.3 is 0 Å². The second-order valence-electron chi connectivity index (χ2n) is 19.8. The van der Waals surface area contributed by atoms with Gasteiger partial charge in [-0.25, -0.2) is 4.98 Å². The Balaban J connectivity index is 0.00000937. The second-order valence-corrected chi connectivity index (χ2v) is 21.1. The highest BCUT2D eigenvalue weighted by Gasteiger charge is 2.46. The Hall–Kier alpha value is -5.34. The number of primary amides is 1. The van der Waals surface area contributed by atoms with Gasteiger partial charge in [0.2, 0.25) is 41.4 Å². The van der Waals surface area contributed by atoms with E-state index in [9.17, 15) is 38.7 Å². The summed E-state index contributed by atoms with van der Waals surface area (Å²) in [4.78, 5) is 103. The van der Waals surface area contributed by atoms with E-state index in [2.05, 4.69) is 20.9 Å². The molecule has 1 aromatic heterocycles. The lowest BCUT2D eigenvalue weighted by Gasteiger charge is -2.37. The molecule has 0 aliphatic carbocycles. The van der Waals surface area contributed by atoms with Crippen molar-refractivity contribution in [2.45, 2.75) is 148 Å². The molecule has 6 rings (SSSR count). The van der Waals surface area contributed by atoms with Gasteiger partial charge in [0.15, 0.2) is 0 Å². The highest BCUT2D eigenvalue weighted by Crippen LogP contribution is 2.33. The topological polar surface area (TPSA) is 260 Å². The molecule has 0 radical (unpaired) electrons. The molecule has 3 saturated heterocycles. The first-order chi connectivity index (χ1) is 33.1. The quantitative estimate of drug-likeness (QED) is 0.106. The summed E-state index contributed by atoms with van der Waals surface area (Å²) in [7, 11) is 0. The zero-order valence-electron chi connectivity index (χ0n) is 41.3. The van der Waals surface area contributed by atoms with E-state index < -0.39 is 71.3 Å². The third-order valence-electron chi connectivity index (χ3n) is 13.5. The number of hydrogen-bond donors (Lipinski definition) is 6. The van der Waals surface area contributed by atoms with Crippen LogP contribution in [0.15, 0.2) is 48.0 Å². The Morgan fingerprint density at radius 3 is 2.32 bits per heavy atom. The highest BCUT2D eigenvalue weighted by atomic mass is 35.5. The number of aryl methyl sites for hydroxylation is 2. The molecule has 0 spiro atoms. The van der Waals surface area contributed by atoms with Crippen LogP contribution in [0.25, 0.3) is 10.4 Å². The van der Waals surface area contributed by atoms with E-state index in [4.69, 9.17) is 27.8 Å². The van der Waals surface area contributed by atoms with Crippen LogP contribution in [-0.2, 0) is 40.0 Å². The number of halogens is 2. The number of hydrogen-bond acceptors (Lipinski definition) is 12. The first-order valence-corrected chi connectivity index (χ1v) is 25.3. The summed E-state index contributed by atoms with van der Waals surface area (Å²) in [6.07, 6.45) is 1.57. The van der Waals surface area contributed by atoms with Crippen molar-refractivity contribution in [2.24, 2.45) is 16.9 Å². The summed E-state index contributed by atoms with van der Waals surface area (Å²) in [5.74, 6) is -2.44. The van der Waals surface area contributed by atoms with Gasteiger partial charge in [0.25, 0.3) is 0 Å². The Morgan fingerprint density at radius 2 is 1.68 bits per heavy atom. The Labute approximate surface area is 430 Å². The van der Waals surface area contributed by atoms with Crippen molar-refractivity contribution in [3.63, 3.8) is 0 Å². The van der Waals surface area contributed by atoms with E-state index in [-0.39, 0.29) is 81.7 Å². The number of amides is 7. The molecule has 3 aliphatic rings. The fourth-order valence-electron chi connectivity index (χ4n) is 9.50. The van der Waals surface area contributed by atoms with Crippen LogP contribution in [0.4, 0.5) is 0 Å². The van der Waals surface area contributed by atoms with Crippen LogP contribution in [0.5, 0.6) is 5.75 Å². The first kappa shape index (κ1) is 56.6. The number of β-amino-alcohol motifs (C(OH)–C–C–N with tert-alkyl or cyclic N) is 1. The van der Waals surface area contributed by atoms with Gasteiger partial charge in [-0.3, -0.25) is 33.6 Å². The smallest absolute Gasteiger partial charge is 0.246 e. The predicted octanol–water partition coefficient (Wildman–Crippen LogP) is 3.95. The fourth-order valence-corrected chi connectivity index (χ4v) is 10.6. The molecule has 71 heavy (non-hydrogen) atoms. The zero-order chi connectivity index (χ0) is 51.0. The number of aromatic nitrogens is 1. The maximum absolute atomic E-state index is 14.2. The van der Waals surface area contributed by atoms with Gasteiger partial charge in [0.1, 0.15) is 36.5 Å². The minimum atomic E-state index is -0.996. The van der Waals surface area contributed by atoms with Gasteiger partial charge < -0.3 is 52.0 Å². The molecule has 2 aromatic carbocycles. The standard InChI is InChI=1S/C50H68ClN9O9S.ClH/c1-28(31-13-15-33(16-14-31)44-29(2)54-27-70-44)55-47(66)39-23-36(62)24-59(39)49(68)45(50(4,5)6)57-42(64)12-8-10-32-9-7-11-40(43(32)51)69-26-34(17-20-41(53)63)56-46(65)38-19-18-35-21-22-58(30(3)61)25-37(52)48(67)60(35)38;/h7,9,11,13-16,27-28,34-39,45,62H,8,10,12,17-26,52H2,1-6H3,(H2,53,63)(H,55,66)(H,56,65)(H,57,64);1H/t28-,34-,35+,36+,37-,38-,39-,45+;/m0./s1. The average Bonchev–Trinajstić information content (AvgIpc) is 4.05. The predicted molar refractivity (Wildman–Crippen MR) is 272 cm³/mol. The van der Waals surface area contributed by atoms with Crippen LogP contribution in [0, 0.1) is 12.3 Å². The Morgan fingerprint density at radius 1 is 0.972 bits per heavy atom. The zero-order valence-corrected chi connectivity index (χ0v) is 43.7. The SMILES string of the molecule is CC(=O)N1CC[C@H]2CC[C@@H](C(=O)N[C@@H](CCC(N)=O)COc3cccc(CCCC(=O)N[C@H](C(=O)N4C[C@H](O)C[C@H]4C(=O)N[C@@H](C)c4ccc(-c5scnc5C)cc4)C(C)(C)C)c3Cl)N2C(=O)[C@@H](N)C1.Cl. The van der Waals surface area contributed by atoms with Gasteiger partial charge in [0, 0.05) is 51.9 Å². The fraction of sp³-hybridized carbons (Fsp3) is 0.560. The van der Waals surface area contributed by atoms with E-state index in [0.29, 0.717) is 55.0 Å². The molecule has 8 atom stereocenters. The van der Waals surface area contributed by atoms with Crippen LogP contribution in [-0.4, -0.2) is 135 Å². The molecular formula is C50H69Cl2N9O9S. The van der Waals surface area contributed by atoms with E-state index in [0.717, 1.165) is 21.7 Å². The number of nitrogens with two attached hydrogens (primary N) is 2. The summed E-state index contributed by atoms with van der Waals surface area (Å²) in [5.41, 5.74) is 16.3. The minimum Gasteiger partial charge on any atom is -0.490 e. The van der Waals surface area contributed by atoms with Crippen molar-refractivity contribution < 1.29 is 43.4 Å². The lowest BCUT2D eigenvalue weighted by Crippen LogP contribution is -2.59. The minimum absolute atomic E-state index is 0. The van der Waals surface area contributed by atoms with Gasteiger partial charge in [-0.1, -0.05) is 68.8 Å². The molecule has 8 N–H and O–H groups in total. The molecule has 388 valence electrons. The van der Waals surface area contributed by atoms with E-state index in [1.54, 1.807) is 38.8 Å². The maximum Gasteiger partial charge on any atom is 0.246 e. The molecule has 7 amide bonds. The van der Waals surface area contributed by atoms with E-state index in [1.807, 2.05) is 65.0 Å². The van der Waals surface area contributed by atoms with Crippen LogP contribution in [0.3, 0.4) is 0 Å².